The summed E-state index contributed by atoms with van der Waals surface area (Å²) in [6.45, 7) is 3.71. The van der Waals surface area contributed by atoms with Crippen molar-refractivity contribution < 1.29 is 4.79 Å². The van der Waals surface area contributed by atoms with E-state index in [1.54, 1.807) is 25.3 Å². The molecule has 0 aliphatic rings. The van der Waals surface area contributed by atoms with Crippen molar-refractivity contribution in [1.29, 1.82) is 0 Å². The number of carbonyl (C=O) groups is 1. The van der Waals surface area contributed by atoms with Crippen LogP contribution in [0.4, 0.5) is 11.8 Å². The van der Waals surface area contributed by atoms with E-state index in [4.69, 9.17) is 5.73 Å². The van der Waals surface area contributed by atoms with Gasteiger partial charge in [-0.25, -0.2) is 4.98 Å². The summed E-state index contributed by atoms with van der Waals surface area (Å²) in [6.07, 6.45) is 0. The van der Waals surface area contributed by atoms with Crippen LogP contribution >= 0.6 is 11.3 Å². The van der Waals surface area contributed by atoms with Crippen molar-refractivity contribution in [2.24, 2.45) is 5.73 Å². The zero-order chi connectivity index (χ0) is 13.3. The third-order valence-electron chi connectivity index (χ3n) is 2.52. The van der Waals surface area contributed by atoms with Gasteiger partial charge in [0.15, 0.2) is 0 Å². The lowest BCUT2D eigenvalue weighted by Gasteiger charge is -2.12. The fraction of sp³-hybridized carbons (Fsp3) is 0.364. The lowest BCUT2D eigenvalue weighted by Crippen LogP contribution is -2.32. The first-order valence-corrected chi connectivity index (χ1v) is 6.34. The lowest BCUT2D eigenvalue weighted by atomic mass is 10.3. The first-order chi connectivity index (χ1) is 8.51. The Kier molecular flexibility index (Phi) is 3.33. The van der Waals surface area contributed by atoms with Gasteiger partial charge in [0, 0.05) is 11.9 Å². The minimum atomic E-state index is -0.479. The summed E-state index contributed by atoms with van der Waals surface area (Å²) in [5.41, 5.74) is 5.25. The van der Waals surface area contributed by atoms with Crippen molar-refractivity contribution >= 4 is 39.2 Å². The molecule has 0 fully saturated rings. The molecule has 18 heavy (non-hydrogen) atoms. The quantitative estimate of drug-likeness (QED) is 0.775. The molecule has 0 saturated carbocycles. The van der Waals surface area contributed by atoms with E-state index in [0.29, 0.717) is 11.8 Å². The van der Waals surface area contributed by atoms with Crippen molar-refractivity contribution in [2.75, 3.05) is 17.7 Å². The monoisotopic (exact) mass is 265 g/mol. The molecular formula is C11H15N5OS. The van der Waals surface area contributed by atoms with Gasteiger partial charge in [-0.05, 0) is 19.9 Å². The molecule has 2 heterocycles. The molecule has 0 aliphatic heterocycles. The molecule has 2 rings (SSSR count). The van der Waals surface area contributed by atoms with E-state index in [9.17, 15) is 4.79 Å². The average molecular weight is 265 g/mol. The Hall–Kier alpha value is -1.89. The van der Waals surface area contributed by atoms with Crippen molar-refractivity contribution in [2.45, 2.75) is 19.9 Å². The van der Waals surface area contributed by atoms with Crippen LogP contribution in [0.2, 0.25) is 0 Å². The van der Waals surface area contributed by atoms with Gasteiger partial charge in [0.05, 0.1) is 5.39 Å². The molecule has 0 bridgehead atoms. The molecule has 2 aromatic rings. The normalized spacial score (nSPS) is 12.4. The van der Waals surface area contributed by atoms with Crippen LogP contribution in [0.1, 0.15) is 11.8 Å². The van der Waals surface area contributed by atoms with Gasteiger partial charge in [-0.3, -0.25) is 4.79 Å². The van der Waals surface area contributed by atoms with E-state index in [1.807, 2.05) is 13.0 Å². The maximum Gasteiger partial charge on any atom is 0.239 e. The predicted molar refractivity (Wildman–Crippen MR) is 74.0 cm³/mol. The Bertz CT molecular complexity index is 594. The largest absolute Gasteiger partial charge is 0.368 e. The second kappa shape index (κ2) is 4.77. The summed E-state index contributed by atoms with van der Waals surface area (Å²) in [5, 5.41) is 6.82. The summed E-state index contributed by atoms with van der Waals surface area (Å²) in [6, 6.07) is 1.52. The van der Waals surface area contributed by atoms with Crippen molar-refractivity contribution in [1.82, 2.24) is 9.97 Å². The van der Waals surface area contributed by atoms with E-state index < -0.39 is 11.9 Å². The number of nitrogens with two attached hydrogens (primary N) is 1. The highest BCUT2D eigenvalue weighted by molar-refractivity contribution is 7.18. The van der Waals surface area contributed by atoms with Crippen molar-refractivity contribution in [3.63, 3.8) is 0 Å². The Morgan fingerprint density at radius 2 is 2.22 bits per heavy atom. The first-order valence-electron chi connectivity index (χ1n) is 5.53. The minimum absolute atomic E-state index is 0.417. The number of anilines is 2. The smallest absolute Gasteiger partial charge is 0.239 e. The Balaban J connectivity index is 2.49. The molecular weight excluding hydrogens is 250 g/mol. The molecule has 0 spiro atoms. The van der Waals surface area contributed by atoms with Crippen LogP contribution in [0.25, 0.3) is 10.2 Å². The highest BCUT2D eigenvalue weighted by atomic mass is 32.1. The Morgan fingerprint density at radius 3 is 2.83 bits per heavy atom. The van der Waals surface area contributed by atoms with Gasteiger partial charge in [-0.15, -0.1) is 11.3 Å². The van der Waals surface area contributed by atoms with Crippen molar-refractivity contribution in [3.8, 4) is 0 Å². The summed E-state index contributed by atoms with van der Waals surface area (Å²) in [7, 11) is 1.75. The van der Waals surface area contributed by atoms with E-state index in [2.05, 4.69) is 20.6 Å². The van der Waals surface area contributed by atoms with Crippen LogP contribution in [0, 0.1) is 6.92 Å². The molecule has 7 heteroatoms. The number of rotatable bonds is 4. The van der Waals surface area contributed by atoms with Gasteiger partial charge in [0.2, 0.25) is 11.9 Å². The predicted octanol–water partition coefficient (Wildman–Crippen LogP) is 1.33. The number of aryl methyl sites for hydroxylation is 1. The molecule has 4 N–H and O–H groups in total. The van der Waals surface area contributed by atoms with Gasteiger partial charge in [-0.2, -0.15) is 4.98 Å². The number of hydrogen-bond acceptors (Lipinski definition) is 6. The molecule has 0 aliphatic carbocycles. The van der Waals surface area contributed by atoms with Gasteiger partial charge in [0.25, 0.3) is 0 Å². The molecule has 2 aromatic heterocycles. The number of amides is 1. The van der Waals surface area contributed by atoms with Gasteiger partial charge in [0.1, 0.15) is 16.7 Å². The maximum absolute atomic E-state index is 11.1. The number of thiophene rings is 1. The summed E-state index contributed by atoms with van der Waals surface area (Å²) in [4.78, 5) is 21.8. The Morgan fingerprint density at radius 1 is 1.50 bits per heavy atom. The number of primary amides is 1. The number of nitrogens with zero attached hydrogens (tertiary/aromatic N) is 2. The molecule has 0 aromatic carbocycles. The zero-order valence-electron chi connectivity index (χ0n) is 10.4. The number of fused-ring (bicyclic) bond motifs is 1. The zero-order valence-corrected chi connectivity index (χ0v) is 11.3. The molecule has 6 nitrogen and oxygen atoms in total. The molecule has 0 saturated heterocycles. The summed E-state index contributed by atoms with van der Waals surface area (Å²) >= 11 is 1.58. The van der Waals surface area contributed by atoms with Crippen molar-refractivity contribution in [3.05, 3.63) is 10.9 Å². The fourth-order valence-electron chi connectivity index (χ4n) is 1.54. The second-order valence-corrected chi connectivity index (χ2v) is 5.22. The third kappa shape index (κ3) is 2.35. The molecule has 1 unspecified atom stereocenters. The van der Waals surface area contributed by atoms with E-state index in [-0.39, 0.29) is 0 Å². The van der Waals surface area contributed by atoms with E-state index >= 15 is 0 Å². The van der Waals surface area contributed by atoms with Gasteiger partial charge in [-0.1, -0.05) is 0 Å². The summed E-state index contributed by atoms with van der Waals surface area (Å²) < 4.78 is 0. The molecule has 96 valence electrons. The van der Waals surface area contributed by atoms with Crippen LogP contribution in [0.3, 0.4) is 0 Å². The van der Waals surface area contributed by atoms with Crippen LogP contribution in [-0.2, 0) is 4.79 Å². The lowest BCUT2D eigenvalue weighted by molar-refractivity contribution is -0.118. The SMILES string of the molecule is CNc1nc(NC(C)C(N)=O)c2cc(C)sc2n1. The molecule has 0 radical (unpaired) electrons. The first kappa shape index (κ1) is 12.6. The van der Waals surface area contributed by atoms with Crippen LogP contribution < -0.4 is 16.4 Å². The van der Waals surface area contributed by atoms with Crippen LogP contribution in [-0.4, -0.2) is 29.0 Å². The fourth-order valence-corrected chi connectivity index (χ4v) is 2.42. The van der Waals surface area contributed by atoms with Crippen LogP contribution in [0.5, 0.6) is 0 Å². The number of nitrogens with one attached hydrogen (secondary N) is 2. The minimum Gasteiger partial charge on any atom is -0.368 e. The van der Waals surface area contributed by atoms with E-state index in [1.165, 1.54) is 0 Å². The van der Waals surface area contributed by atoms with E-state index in [0.717, 1.165) is 15.1 Å². The van der Waals surface area contributed by atoms with Crippen LogP contribution in [0.15, 0.2) is 6.07 Å². The maximum atomic E-state index is 11.1. The number of aromatic nitrogens is 2. The Labute approximate surface area is 109 Å². The molecule has 1 amide bonds. The average Bonchev–Trinajstić information content (AvgIpc) is 2.69. The highest BCUT2D eigenvalue weighted by Crippen LogP contribution is 2.29. The molecule has 1 atom stereocenters. The number of carbonyl (C=O) groups excluding carboxylic acids is 1. The third-order valence-corrected chi connectivity index (χ3v) is 3.46. The number of hydrogen-bond donors (Lipinski definition) is 3. The van der Waals surface area contributed by atoms with Gasteiger partial charge >= 0.3 is 0 Å². The van der Waals surface area contributed by atoms with Gasteiger partial charge < -0.3 is 16.4 Å². The summed E-state index contributed by atoms with van der Waals surface area (Å²) in [5.74, 6) is 0.725. The second-order valence-electron chi connectivity index (χ2n) is 3.99. The highest BCUT2D eigenvalue weighted by Gasteiger charge is 2.14. The topological polar surface area (TPSA) is 92.9 Å². The standard InChI is InChI=1S/C11H15N5OS/c1-5-4-7-9(14-6(2)8(12)17)15-11(13-3)16-10(7)18-5/h4,6H,1-3H3,(H2,12,17)(H2,13,14,15,16).